The van der Waals surface area contributed by atoms with Crippen molar-refractivity contribution in [2.75, 3.05) is 5.32 Å². The third-order valence-corrected chi connectivity index (χ3v) is 6.15. The number of nitriles is 1. The Morgan fingerprint density at radius 2 is 2.03 bits per heavy atom. The number of rotatable bonds is 5. The molecule has 4 rings (SSSR count). The number of aryl methyl sites for hydroxylation is 3. The van der Waals surface area contributed by atoms with E-state index in [1.165, 1.54) is 16.2 Å². The van der Waals surface area contributed by atoms with E-state index >= 15 is 0 Å². The number of carbonyl (C=O) groups is 1. The zero-order chi connectivity index (χ0) is 20.4. The normalized spacial score (nSPS) is 12.9. The molecule has 0 fully saturated rings. The van der Waals surface area contributed by atoms with E-state index in [1.807, 2.05) is 26.0 Å². The number of carbonyl (C=O) groups excluding carboxylic acids is 1. The van der Waals surface area contributed by atoms with Gasteiger partial charge in [-0.15, -0.1) is 11.3 Å². The fraction of sp³-hybridized carbons (Fsp3) is 0.318. The van der Waals surface area contributed by atoms with Crippen molar-refractivity contribution in [3.8, 4) is 11.8 Å². The van der Waals surface area contributed by atoms with Gasteiger partial charge in [0.25, 0.3) is 5.91 Å². The molecule has 1 amide bonds. The van der Waals surface area contributed by atoms with Gasteiger partial charge in [0.15, 0.2) is 12.4 Å². The molecule has 1 aliphatic carbocycles. The van der Waals surface area contributed by atoms with Gasteiger partial charge in [-0.1, -0.05) is 6.07 Å². The molecule has 0 saturated heterocycles. The summed E-state index contributed by atoms with van der Waals surface area (Å²) in [6, 6.07) is 9.93. The summed E-state index contributed by atoms with van der Waals surface area (Å²) in [7, 11) is 0. The van der Waals surface area contributed by atoms with E-state index in [-0.39, 0.29) is 12.6 Å². The smallest absolute Gasteiger partial charge is 0.276 e. The first-order chi connectivity index (χ1) is 14.0. The third kappa shape index (κ3) is 4.17. The van der Waals surface area contributed by atoms with Gasteiger partial charge in [0, 0.05) is 11.1 Å². The molecule has 0 saturated carbocycles. The van der Waals surface area contributed by atoms with Crippen LogP contribution in [0.5, 0.6) is 5.75 Å². The molecule has 0 spiro atoms. The van der Waals surface area contributed by atoms with Crippen LogP contribution in [-0.4, -0.2) is 15.7 Å². The van der Waals surface area contributed by atoms with Crippen molar-refractivity contribution in [1.29, 1.82) is 5.26 Å². The maximum atomic E-state index is 12.6. The highest BCUT2D eigenvalue weighted by molar-refractivity contribution is 7.16. The standard InChI is InChI=1S/C22H22N4O2S/c1-14-9-15(2)11-16(10-14)28-13-26-8-7-19(25-26)21(27)24-22-18(12-23)17-5-3-4-6-20(17)29-22/h7-11H,3-6,13H2,1-2H3,(H,24,27). The van der Waals surface area contributed by atoms with Gasteiger partial charge in [0.2, 0.25) is 0 Å². The monoisotopic (exact) mass is 406 g/mol. The summed E-state index contributed by atoms with van der Waals surface area (Å²) in [6.07, 6.45) is 5.83. The maximum Gasteiger partial charge on any atom is 0.276 e. The molecular weight excluding hydrogens is 384 g/mol. The van der Waals surface area contributed by atoms with Crippen LogP contribution in [0.4, 0.5) is 5.00 Å². The summed E-state index contributed by atoms with van der Waals surface area (Å²) in [6.45, 7) is 4.26. The molecule has 3 aromatic rings. The van der Waals surface area contributed by atoms with E-state index in [4.69, 9.17) is 4.74 Å². The van der Waals surface area contributed by atoms with Crippen LogP contribution in [-0.2, 0) is 19.6 Å². The minimum Gasteiger partial charge on any atom is -0.471 e. The van der Waals surface area contributed by atoms with E-state index < -0.39 is 0 Å². The molecule has 2 aromatic heterocycles. The Labute approximate surface area is 173 Å². The number of aromatic nitrogens is 2. The Hall–Kier alpha value is -3.11. The van der Waals surface area contributed by atoms with Crippen molar-refractivity contribution >= 4 is 22.2 Å². The Kier molecular flexibility index (Phi) is 5.36. The van der Waals surface area contributed by atoms with Gasteiger partial charge < -0.3 is 10.1 Å². The Morgan fingerprint density at radius 1 is 1.28 bits per heavy atom. The number of amides is 1. The number of fused-ring (bicyclic) bond motifs is 1. The maximum absolute atomic E-state index is 12.6. The number of anilines is 1. The van der Waals surface area contributed by atoms with Gasteiger partial charge >= 0.3 is 0 Å². The van der Waals surface area contributed by atoms with Gasteiger partial charge in [0.05, 0.1) is 5.56 Å². The molecule has 1 aliphatic rings. The molecule has 29 heavy (non-hydrogen) atoms. The van der Waals surface area contributed by atoms with Crippen LogP contribution in [0.25, 0.3) is 0 Å². The quantitative estimate of drug-likeness (QED) is 0.671. The summed E-state index contributed by atoms with van der Waals surface area (Å²) in [5, 5.41) is 17.3. The second kappa shape index (κ2) is 8.10. The van der Waals surface area contributed by atoms with Crippen LogP contribution in [0.1, 0.15) is 50.5 Å². The number of nitrogens with zero attached hydrogens (tertiary/aromatic N) is 3. The van der Waals surface area contributed by atoms with Gasteiger partial charge in [-0.2, -0.15) is 10.4 Å². The summed E-state index contributed by atoms with van der Waals surface area (Å²) in [4.78, 5) is 13.9. The van der Waals surface area contributed by atoms with Crippen molar-refractivity contribution < 1.29 is 9.53 Å². The van der Waals surface area contributed by atoms with Crippen LogP contribution in [0.3, 0.4) is 0 Å². The molecule has 2 heterocycles. The fourth-order valence-electron chi connectivity index (χ4n) is 3.65. The first kappa shape index (κ1) is 19.2. The van der Waals surface area contributed by atoms with E-state index in [0.717, 1.165) is 48.1 Å². The molecule has 1 N–H and O–H groups in total. The van der Waals surface area contributed by atoms with Gasteiger partial charge in [-0.3, -0.25) is 4.79 Å². The van der Waals surface area contributed by atoms with Crippen molar-refractivity contribution in [2.24, 2.45) is 0 Å². The Bertz CT molecular complexity index is 1090. The van der Waals surface area contributed by atoms with Crippen molar-refractivity contribution in [2.45, 2.75) is 46.3 Å². The van der Waals surface area contributed by atoms with Gasteiger partial charge in [-0.25, -0.2) is 4.68 Å². The molecule has 0 radical (unpaired) electrons. The van der Waals surface area contributed by atoms with Gasteiger partial charge in [-0.05, 0) is 74.4 Å². The van der Waals surface area contributed by atoms with Crippen LogP contribution in [0, 0.1) is 25.2 Å². The highest BCUT2D eigenvalue weighted by Gasteiger charge is 2.22. The average Bonchev–Trinajstić information content (AvgIpc) is 3.29. The van der Waals surface area contributed by atoms with E-state index in [9.17, 15) is 10.1 Å². The number of hydrogen-bond donors (Lipinski definition) is 1. The lowest BCUT2D eigenvalue weighted by molar-refractivity contribution is 0.102. The summed E-state index contributed by atoms with van der Waals surface area (Å²) in [5.41, 5.74) is 4.27. The molecule has 6 nitrogen and oxygen atoms in total. The SMILES string of the molecule is Cc1cc(C)cc(OCn2ccc(C(=O)Nc3sc4c(c3C#N)CCCC4)n2)c1. The second-order valence-corrected chi connectivity index (χ2v) is 8.42. The number of hydrogen-bond acceptors (Lipinski definition) is 5. The van der Waals surface area contributed by atoms with Crippen LogP contribution in [0.2, 0.25) is 0 Å². The molecule has 0 aliphatic heterocycles. The Morgan fingerprint density at radius 3 is 2.79 bits per heavy atom. The zero-order valence-electron chi connectivity index (χ0n) is 16.5. The van der Waals surface area contributed by atoms with E-state index in [0.29, 0.717) is 16.3 Å². The summed E-state index contributed by atoms with van der Waals surface area (Å²) < 4.78 is 7.37. The molecule has 0 unspecified atom stereocenters. The summed E-state index contributed by atoms with van der Waals surface area (Å²) in [5.74, 6) is 0.456. The lowest BCUT2D eigenvalue weighted by Gasteiger charge is -2.09. The number of ether oxygens (including phenoxy) is 1. The molecular formula is C22H22N4O2S. The summed E-state index contributed by atoms with van der Waals surface area (Å²) >= 11 is 1.51. The minimum atomic E-state index is -0.315. The lowest BCUT2D eigenvalue weighted by atomic mass is 9.96. The highest BCUT2D eigenvalue weighted by Crippen LogP contribution is 2.37. The number of nitrogens with one attached hydrogen (secondary N) is 1. The molecule has 148 valence electrons. The van der Waals surface area contributed by atoms with Crippen molar-refractivity contribution in [3.05, 3.63) is 63.3 Å². The predicted octanol–water partition coefficient (Wildman–Crippen LogP) is 4.60. The van der Waals surface area contributed by atoms with E-state index in [1.54, 1.807) is 16.9 Å². The highest BCUT2D eigenvalue weighted by atomic mass is 32.1. The average molecular weight is 407 g/mol. The van der Waals surface area contributed by atoms with Crippen molar-refractivity contribution in [3.63, 3.8) is 0 Å². The number of thiophene rings is 1. The van der Waals surface area contributed by atoms with Crippen molar-refractivity contribution in [1.82, 2.24) is 9.78 Å². The Balaban J connectivity index is 1.44. The molecule has 1 aromatic carbocycles. The first-order valence-corrected chi connectivity index (χ1v) is 10.5. The van der Waals surface area contributed by atoms with Gasteiger partial charge in [0.1, 0.15) is 16.8 Å². The zero-order valence-corrected chi connectivity index (χ0v) is 17.3. The molecule has 0 bridgehead atoms. The van der Waals surface area contributed by atoms with E-state index in [2.05, 4.69) is 22.6 Å². The largest absolute Gasteiger partial charge is 0.471 e. The second-order valence-electron chi connectivity index (χ2n) is 7.32. The van der Waals surface area contributed by atoms with Crippen LogP contribution in [0.15, 0.2) is 30.5 Å². The fourth-order valence-corrected chi connectivity index (χ4v) is 4.89. The minimum absolute atomic E-state index is 0.215. The number of benzene rings is 1. The molecule has 7 heteroatoms. The van der Waals surface area contributed by atoms with Crippen LogP contribution < -0.4 is 10.1 Å². The third-order valence-electron chi connectivity index (χ3n) is 4.94. The van der Waals surface area contributed by atoms with Crippen LogP contribution >= 0.6 is 11.3 Å². The molecule has 0 atom stereocenters. The lowest BCUT2D eigenvalue weighted by Crippen LogP contribution is -2.14. The topological polar surface area (TPSA) is 79.9 Å². The predicted molar refractivity (Wildman–Crippen MR) is 112 cm³/mol. The first-order valence-electron chi connectivity index (χ1n) is 9.64.